The fraction of sp³-hybridized carbons (Fsp3) is 0.478. The van der Waals surface area contributed by atoms with Gasteiger partial charge in [0.05, 0.1) is 24.3 Å². The zero-order valence-corrected chi connectivity index (χ0v) is 21.6. The number of ether oxygens (including phenoxy) is 1. The Morgan fingerprint density at radius 3 is 2.39 bits per heavy atom. The predicted octanol–water partition coefficient (Wildman–Crippen LogP) is 5.72. The van der Waals surface area contributed by atoms with E-state index < -0.39 is 31.7 Å². The molecule has 0 amide bonds. The summed E-state index contributed by atoms with van der Waals surface area (Å²) in [5.41, 5.74) is 6.39. The number of halogens is 3. The first kappa shape index (κ1) is 28.5. The van der Waals surface area contributed by atoms with Crippen molar-refractivity contribution < 1.29 is 36.8 Å². The minimum Gasteiger partial charge on any atom is -0.493 e. The Labute approximate surface area is 211 Å². The standard InChI is InChI=1S/C23H29F3N3O5PS/c1-3-4-15-5-7-16(8-6-15)11-12-33-19-10-9-17(13-18(19)23(24,25)26)20-28-29-21(36-20)22(2,27)14-34-35(30,31)32/h5,7,9-10,13H,3-4,6,8,11-12,14,27H2,1-2H3,(H2,30,31,32)/t22-/m0/s1. The lowest BCUT2D eigenvalue weighted by Crippen LogP contribution is -2.37. The molecule has 0 saturated carbocycles. The molecule has 2 aromatic rings. The van der Waals surface area contributed by atoms with Gasteiger partial charge in [0.25, 0.3) is 0 Å². The van der Waals surface area contributed by atoms with E-state index in [0.29, 0.717) is 6.42 Å². The molecule has 0 aliphatic heterocycles. The van der Waals surface area contributed by atoms with E-state index in [2.05, 4.69) is 27.7 Å². The van der Waals surface area contributed by atoms with Gasteiger partial charge in [0.2, 0.25) is 0 Å². The lowest BCUT2D eigenvalue weighted by Gasteiger charge is -2.21. The van der Waals surface area contributed by atoms with Crippen LogP contribution >= 0.6 is 19.2 Å². The Hall–Kier alpha value is -2.08. The van der Waals surface area contributed by atoms with Crippen LogP contribution in [-0.2, 0) is 20.8 Å². The van der Waals surface area contributed by atoms with Gasteiger partial charge in [-0.2, -0.15) is 13.2 Å². The van der Waals surface area contributed by atoms with Gasteiger partial charge in [-0.3, -0.25) is 4.52 Å². The van der Waals surface area contributed by atoms with Gasteiger partial charge in [-0.05, 0) is 44.4 Å². The average Bonchev–Trinajstić information content (AvgIpc) is 3.30. The highest BCUT2D eigenvalue weighted by Gasteiger charge is 2.36. The number of hydrogen-bond acceptors (Lipinski definition) is 7. The number of aromatic nitrogens is 2. The molecule has 0 bridgehead atoms. The molecule has 1 aliphatic carbocycles. The number of hydrogen-bond donors (Lipinski definition) is 3. The second kappa shape index (κ2) is 11.5. The molecule has 1 aromatic heterocycles. The number of benzene rings is 1. The third-order valence-corrected chi connectivity index (χ3v) is 7.27. The van der Waals surface area contributed by atoms with E-state index >= 15 is 0 Å². The van der Waals surface area contributed by atoms with Crippen LogP contribution in [0.15, 0.2) is 41.5 Å². The number of phosphoric ester groups is 1. The van der Waals surface area contributed by atoms with Gasteiger partial charge in [0.1, 0.15) is 15.8 Å². The minimum absolute atomic E-state index is 0.124. The number of phosphoric acid groups is 1. The molecular formula is C23H29F3N3O5PS. The van der Waals surface area contributed by atoms with E-state index in [4.69, 9.17) is 20.3 Å². The monoisotopic (exact) mass is 547 g/mol. The molecule has 8 nitrogen and oxygen atoms in total. The van der Waals surface area contributed by atoms with Crippen LogP contribution in [0.3, 0.4) is 0 Å². The van der Waals surface area contributed by atoms with Crippen LogP contribution in [0.5, 0.6) is 5.75 Å². The van der Waals surface area contributed by atoms with Crippen LogP contribution in [0, 0.1) is 0 Å². The minimum atomic E-state index is -4.76. The Morgan fingerprint density at radius 1 is 1.14 bits per heavy atom. The molecule has 1 aromatic carbocycles. The molecule has 1 atom stereocenters. The number of alkyl halides is 3. The fourth-order valence-corrected chi connectivity index (χ4v) is 4.93. The van der Waals surface area contributed by atoms with Gasteiger partial charge >= 0.3 is 14.0 Å². The lowest BCUT2D eigenvalue weighted by atomic mass is 9.94. The van der Waals surface area contributed by atoms with Crippen molar-refractivity contribution in [1.82, 2.24) is 10.2 Å². The van der Waals surface area contributed by atoms with Crippen LogP contribution in [0.4, 0.5) is 13.2 Å². The van der Waals surface area contributed by atoms with Crippen LogP contribution < -0.4 is 10.5 Å². The zero-order valence-electron chi connectivity index (χ0n) is 19.9. The third-order valence-electron chi connectivity index (χ3n) is 5.55. The molecule has 0 unspecified atom stereocenters. The van der Waals surface area contributed by atoms with E-state index in [1.807, 2.05) is 6.08 Å². The molecule has 0 spiro atoms. The second-order valence-electron chi connectivity index (χ2n) is 8.80. The van der Waals surface area contributed by atoms with Gasteiger partial charge < -0.3 is 20.3 Å². The summed E-state index contributed by atoms with van der Waals surface area (Å²) in [7, 11) is -4.76. The highest BCUT2D eigenvalue weighted by Crippen LogP contribution is 2.41. The fourth-order valence-electron chi connectivity index (χ4n) is 3.61. The summed E-state index contributed by atoms with van der Waals surface area (Å²) >= 11 is 0.908. The van der Waals surface area contributed by atoms with Crippen molar-refractivity contribution >= 4 is 19.2 Å². The largest absolute Gasteiger partial charge is 0.493 e. The molecule has 0 saturated heterocycles. The maximum absolute atomic E-state index is 13.8. The molecule has 13 heteroatoms. The van der Waals surface area contributed by atoms with Crippen LogP contribution in [0.2, 0.25) is 0 Å². The van der Waals surface area contributed by atoms with Crippen molar-refractivity contribution in [3.63, 3.8) is 0 Å². The third kappa shape index (κ3) is 7.96. The van der Waals surface area contributed by atoms with Gasteiger partial charge in [0, 0.05) is 12.0 Å². The molecule has 4 N–H and O–H groups in total. The summed E-state index contributed by atoms with van der Waals surface area (Å²) in [6.45, 7) is 3.12. The molecule has 3 rings (SSSR count). The van der Waals surface area contributed by atoms with E-state index in [1.165, 1.54) is 24.6 Å². The first-order valence-corrected chi connectivity index (χ1v) is 13.7. The first-order valence-electron chi connectivity index (χ1n) is 11.3. The van der Waals surface area contributed by atoms with Crippen molar-refractivity contribution in [3.8, 4) is 16.3 Å². The van der Waals surface area contributed by atoms with Gasteiger partial charge in [-0.15, -0.1) is 10.2 Å². The Bertz CT molecular complexity index is 1170. The van der Waals surface area contributed by atoms with E-state index in [-0.39, 0.29) is 27.9 Å². The summed E-state index contributed by atoms with van der Waals surface area (Å²) < 4.78 is 62.4. The quantitative estimate of drug-likeness (QED) is 0.305. The van der Waals surface area contributed by atoms with Crippen LogP contribution in [0.1, 0.15) is 56.5 Å². The molecule has 1 aliphatic rings. The number of rotatable bonds is 11. The van der Waals surface area contributed by atoms with Gasteiger partial charge in [-0.25, -0.2) is 4.57 Å². The summed E-state index contributed by atoms with van der Waals surface area (Å²) in [5, 5.41) is 8.11. The predicted molar refractivity (Wildman–Crippen MR) is 130 cm³/mol. The van der Waals surface area contributed by atoms with E-state index in [9.17, 15) is 17.7 Å². The number of nitrogens with zero attached hydrogens (tertiary/aromatic N) is 2. The topological polar surface area (TPSA) is 128 Å². The molecule has 1 heterocycles. The first-order chi connectivity index (χ1) is 16.8. The number of allylic oxidation sites excluding steroid dienone is 3. The lowest BCUT2D eigenvalue weighted by molar-refractivity contribution is -0.138. The summed E-state index contributed by atoms with van der Waals surface area (Å²) in [6, 6.07) is 3.65. The maximum Gasteiger partial charge on any atom is 0.469 e. The van der Waals surface area contributed by atoms with E-state index in [1.54, 1.807) is 0 Å². The van der Waals surface area contributed by atoms with Crippen molar-refractivity contribution in [1.29, 1.82) is 0 Å². The smallest absolute Gasteiger partial charge is 0.469 e. The Balaban J connectivity index is 1.73. The maximum atomic E-state index is 13.8. The van der Waals surface area contributed by atoms with Crippen molar-refractivity contribution in [3.05, 3.63) is 52.1 Å². The molecule has 0 fully saturated rings. The van der Waals surface area contributed by atoms with Crippen molar-refractivity contribution in [2.75, 3.05) is 13.2 Å². The molecular weight excluding hydrogens is 518 g/mol. The van der Waals surface area contributed by atoms with Gasteiger partial charge in [0.15, 0.2) is 0 Å². The van der Waals surface area contributed by atoms with Crippen LogP contribution in [-0.4, -0.2) is 33.2 Å². The van der Waals surface area contributed by atoms with Crippen LogP contribution in [0.25, 0.3) is 10.6 Å². The Morgan fingerprint density at radius 2 is 1.81 bits per heavy atom. The van der Waals surface area contributed by atoms with E-state index in [0.717, 1.165) is 48.7 Å². The summed E-state index contributed by atoms with van der Waals surface area (Å²) in [5.74, 6) is -0.270. The zero-order chi connectivity index (χ0) is 26.6. The van der Waals surface area contributed by atoms with Crippen molar-refractivity contribution in [2.45, 2.75) is 57.7 Å². The molecule has 36 heavy (non-hydrogen) atoms. The normalized spacial score (nSPS) is 16.3. The summed E-state index contributed by atoms with van der Waals surface area (Å²) in [6.07, 6.45) is 4.03. The summed E-state index contributed by atoms with van der Waals surface area (Å²) in [4.78, 5) is 17.8. The van der Waals surface area contributed by atoms with Crippen molar-refractivity contribution in [2.24, 2.45) is 5.73 Å². The average molecular weight is 548 g/mol. The highest BCUT2D eigenvalue weighted by atomic mass is 32.1. The Kier molecular flexibility index (Phi) is 9.13. The SMILES string of the molecule is CCCC1=CC=C(CCOc2ccc(-c3nnc([C@@](C)(N)COP(=O)(O)O)s3)cc2C(F)(F)F)CC1. The molecule has 198 valence electrons. The second-order valence-corrected chi connectivity index (χ2v) is 11.0. The number of nitrogens with two attached hydrogens (primary N) is 1. The highest BCUT2D eigenvalue weighted by molar-refractivity contribution is 7.46. The molecule has 0 radical (unpaired) electrons. The van der Waals surface area contributed by atoms with Gasteiger partial charge in [-0.1, -0.05) is 48.0 Å².